The van der Waals surface area contributed by atoms with Crippen molar-refractivity contribution in [3.8, 4) is 5.69 Å². The van der Waals surface area contributed by atoms with Crippen molar-refractivity contribution in [2.24, 2.45) is 0 Å². The summed E-state index contributed by atoms with van der Waals surface area (Å²) in [7, 11) is 0. The second-order valence-corrected chi connectivity index (χ2v) is 13.4. The molecule has 0 saturated heterocycles. The smallest absolute Gasteiger partial charge is 0.341 e. The quantitative estimate of drug-likeness (QED) is 0.162. The van der Waals surface area contributed by atoms with Gasteiger partial charge in [-0.1, -0.05) is 30.0 Å². The first-order chi connectivity index (χ1) is 20.3. The number of amides is 2. The van der Waals surface area contributed by atoms with Crippen LogP contribution < -0.4 is 10.6 Å². The summed E-state index contributed by atoms with van der Waals surface area (Å²) in [6.07, 6.45) is 3.79. The molecule has 1 aromatic carbocycles. The summed E-state index contributed by atoms with van der Waals surface area (Å²) in [4.78, 5) is 40.8. The number of carbonyl (C=O) groups excluding carboxylic acids is 3. The fourth-order valence-electron chi connectivity index (χ4n) is 4.86. The van der Waals surface area contributed by atoms with E-state index in [1.807, 2.05) is 48.1 Å². The molecule has 1 aliphatic carbocycles. The normalized spacial score (nSPS) is 13.3. The highest BCUT2D eigenvalue weighted by Gasteiger charge is 2.29. The molecule has 9 nitrogen and oxygen atoms in total. The molecule has 0 fully saturated rings. The fourth-order valence-corrected chi connectivity index (χ4v) is 7.66. The number of hydrogen-bond donors (Lipinski definition) is 2. The first-order valence-corrected chi connectivity index (χ1v) is 16.5. The van der Waals surface area contributed by atoms with E-state index in [4.69, 9.17) is 4.74 Å². The van der Waals surface area contributed by atoms with Gasteiger partial charge in [0, 0.05) is 4.88 Å². The van der Waals surface area contributed by atoms with Crippen LogP contribution in [0.1, 0.15) is 74.1 Å². The molecule has 3 heterocycles. The van der Waals surface area contributed by atoms with Crippen LogP contribution in [0.2, 0.25) is 0 Å². The van der Waals surface area contributed by atoms with Crippen molar-refractivity contribution in [2.45, 2.75) is 70.3 Å². The van der Waals surface area contributed by atoms with E-state index in [9.17, 15) is 14.4 Å². The van der Waals surface area contributed by atoms with Crippen LogP contribution in [-0.4, -0.2) is 44.4 Å². The number of carbonyl (C=O) groups is 3. The molecule has 42 heavy (non-hydrogen) atoms. The van der Waals surface area contributed by atoms with Gasteiger partial charge in [0.1, 0.15) is 5.00 Å². The van der Waals surface area contributed by atoms with E-state index in [2.05, 4.69) is 20.8 Å². The predicted molar refractivity (Wildman–Crippen MR) is 167 cm³/mol. The molecular formula is C30H33N5O4S3. The Morgan fingerprint density at radius 2 is 1.93 bits per heavy atom. The van der Waals surface area contributed by atoms with Gasteiger partial charge in [-0.2, -0.15) is 0 Å². The number of anilines is 1. The maximum absolute atomic E-state index is 13.5. The van der Waals surface area contributed by atoms with Crippen molar-refractivity contribution in [1.82, 2.24) is 20.1 Å². The van der Waals surface area contributed by atoms with Gasteiger partial charge in [-0.05, 0) is 87.6 Å². The Morgan fingerprint density at radius 1 is 1.12 bits per heavy atom. The van der Waals surface area contributed by atoms with Crippen molar-refractivity contribution in [1.29, 1.82) is 0 Å². The van der Waals surface area contributed by atoms with Crippen molar-refractivity contribution >= 4 is 57.2 Å². The molecule has 0 aliphatic heterocycles. The Hall–Kier alpha value is -3.48. The average Bonchev–Trinajstić information content (AvgIpc) is 3.72. The zero-order valence-corrected chi connectivity index (χ0v) is 26.4. The molecule has 0 spiro atoms. The molecule has 0 saturated carbocycles. The van der Waals surface area contributed by atoms with E-state index in [1.54, 1.807) is 19.9 Å². The lowest BCUT2D eigenvalue weighted by molar-refractivity contribution is -0.115. The highest BCUT2D eigenvalue weighted by molar-refractivity contribution is 8.00. The average molecular weight is 624 g/mol. The second-order valence-electron chi connectivity index (χ2n) is 10.00. The molecule has 12 heteroatoms. The van der Waals surface area contributed by atoms with Gasteiger partial charge in [-0.25, -0.2) is 4.79 Å². The van der Waals surface area contributed by atoms with Crippen LogP contribution in [0.25, 0.3) is 5.69 Å². The maximum Gasteiger partial charge on any atom is 0.341 e. The maximum atomic E-state index is 13.5. The molecule has 1 aliphatic rings. The van der Waals surface area contributed by atoms with E-state index in [-0.39, 0.29) is 25.0 Å². The van der Waals surface area contributed by atoms with Crippen LogP contribution in [0.5, 0.6) is 0 Å². The number of fused-ring (bicyclic) bond motifs is 1. The van der Waals surface area contributed by atoms with Gasteiger partial charge >= 0.3 is 5.97 Å². The minimum Gasteiger partial charge on any atom is -0.462 e. The van der Waals surface area contributed by atoms with E-state index in [1.165, 1.54) is 34.4 Å². The summed E-state index contributed by atoms with van der Waals surface area (Å²) >= 11 is 4.11. The lowest BCUT2D eigenvalue weighted by Crippen LogP contribution is -2.25. The van der Waals surface area contributed by atoms with Crippen LogP contribution in [0.3, 0.4) is 0 Å². The molecule has 220 valence electrons. The number of ether oxygens (including phenoxy) is 1. The van der Waals surface area contributed by atoms with Crippen molar-refractivity contribution in [3.63, 3.8) is 0 Å². The number of thioether (sulfide) groups is 1. The van der Waals surface area contributed by atoms with Gasteiger partial charge in [0.2, 0.25) is 5.91 Å². The third-order valence-corrected chi connectivity index (χ3v) is 10.3. The number of rotatable bonds is 10. The number of thiophene rings is 2. The number of nitrogens with one attached hydrogen (secondary N) is 2. The predicted octanol–water partition coefficient (Wildman–Crippen LogP) is 6.11. The Kier molecular flexibility index (Phi) is 9.44. The molecule has 0 unspecified atom stereocenters. The minimum atomic E-state index is -0.555. The monoisotopic (exact) mass is 623 g/mol. The summed E-state index contributed by atoms with van der Waals surface area (Å²) in [6.45, 7) is 8.08. The summed E-state index contributed by atoms with van der Waals surface area (Å²) in [5, 5.41) is 17.2. The van der Waals surface area contributed by atoms with Crippen LogP contribution in [-0.2, 0) is 28.9 Å². The van der Waals surface area contributed by atoms with E-state index >= 15 is 0 Å². The van der Waals surface area contributed by atoms with Crippen LogP contribution in [0.4, 0.5) is 5.00 Å². The first-order valence-electron chi connectivity index (χ1n) is 13.9. The molecule has 3 aromatic heterocycles. The number of aryl methyl sites for hydroxylation is 2. The third-order valence-electron chi connectivity index (χ3n) is 7.21. The Morgan fingerprint density at radius 3 is 2.69 bits per heavy atom. The zero-order valence-electron chi connectivity index (χ0n) is 24.0. The molecular weight excluding hydrogens is 591 g/mol. The first kappa shape index (κ1) is 30.0. The van der Waals surface area contributed by atoms with Gasteiger partial charge < -0.3 is 15.4 Å². The number of esters is 1. The van der Waals surface area contributed by atoms with E-state index in [0.29, 0.717) is 26.4 Å². The highest BCUT2D eigenvalue weighted by Crippen LogP contribution is 2.39. The Labute approximate surface area is 257 Å². The van der Waals surface area contributed by atoms with Crippen molar-refractivity contribution in [2.75, 3.05) is 11.9 Å². The van der Waals surface area contributed by atoms with Gasteiger partial charge in [0.05, 0.1) is 34.5 Å². The molecule has 2 amide bonds. The van der Waals surface area contributed by atoms with Gasteiger partial charge in [0.15, 0.2) is 11.0 Å². The van der Waals surface area contributed by atoms with Gasteiger partial charge in [-0.3, -0.25) is 14.2 Å². The number of aromatic nitrogens is 3. The number of benzene rings is 1. The lowest BCUT2D eigenvalue weighted by Gasteiger charge is -2.16. The molecule has 2 N–H and O–H groups in total. The van der Waals surface area contributed by atoms with Gasteiger partial charge in [0.25, 0.3) is 5.91 Å². The summed E-state index contributed by atoms with van der Waals surface area (Å²) < 4.78 is 7.24. The topological polar surface area (TPSA) is 115 Å². The summed E-state index contributed by atoms with van der Waals surface area (Å²) in [6, 6.07) is 9.58. The Bertz CT molecular complexity index is 1610. The van der Waals surface area contributed by atoms with E-state index < -0.39 is 11.2 Å². The van der Waals surface area contributed by atoms with Crippen LogP contribution in [0.15, 0.2) is 40.9 Å². The Balaban J connectivity index is 1.40. The third kappa shape index (κ3) is 6.30. The van der Waals surface area contributed by atoms with E-state index in [0.717, 1.165) is 52.9 Å². The van der Waals surface area contributed by atoms with Gasteiger partial charge in [-0.15, -0.1) is 32.9 Å². The van der Waals surface area contributed by atoms with Crippen LogP contribution in [0, 0.1) is 13.8 Å². The molecule has 5 rings (SSSR count). The van der Waals surface area contributed by atoms with Crippen LogP contribution >= 0.6 is 34.4 Å². The van der Waals surface area contributed by atoms with Crippen molar-refractivity contribution < 1.29 is 19.1 Å². The lowest BCUT2D eigenvalue weighted by atomic mass is 9.95. The minimum absolute atomic E-state index is 0.169. The molecule has 4 aromatic rings. The fraction of sp³-hybridized carbons (Fsp3) is 0.367. The number of nitrogens with zero attached hydrogens (tertiary/aromatic N) is 3. The highest BCUT2D eigenvalue weighted by atomic mass is 32.2. The molecule has 1 atom stereocenters. The molecule has 0 bridgehead atoms. The largest absolute Gasteiger partial charge is 0.462 e. The molecule has 0 radical (unpaired) electrons. The SMILES string of the molecule is CCOC(=O)c1c(NC(=O)[C@H](C)Sc2nnc(CNC(=O)c3cccs3)n2-c2cccc(C)c2C)sc2c1CCCC2. The summed E-state index contributed by atoms with van der Waals surface area (Å²) in [5.74, 6) is -0.263. The van der Waals surface area contributed by atoms with Crippen molar-refractivity contribution in [3.05, 3.63) is 73.5 Å². The summed E-state index contributed by atoms with van der Waals surface area (Å²) in [5.41, 5.74) is 4.52. The second kappa shape index (κ2) is 13.2. The standard InChI is InChI=1S/C30H33N5O4S3/c1-5-39-29(38)25-20-11-6-7-13-22(20)42-28(25)32-26(36)19(4)41-30-34-33-24(16-31-27(37)23-14-9-15-40-23)35(30)21-12-8-10-17(2)18(21)3/h8-10,12,14-15,19H,5-7,11,13,16H2,1-4H3,(H,31,37)(H,32,36)/t19-/m0/s1. The number of hydrogen-bond acceptors (Lipinski definition) is 9. The zero-order chi connectivity index (χ0) is 29.8.